The first kappa shape index (κ1) is 19.2. The standard InChI is InChI=1S/C21H35N3O3/c25-18-13-19(20(26)22-16-7-2-1-3-8-16)24(14-18)17-9-11-23(12-10-17)21(27)15-5-4-6-15/h15-19,25H,1-14H2,(H,22,26)/t18-,19+/m1/s1. The maximum atomic E-state index is 12.9. The van der Waals surface area contributed by atoms with Crippen LogP contribution in [0.2, 0.25) is 0 Å². The van der Waals surface area contributed by atoms with Gasteiger partial charge in [-0.05, 0) is 44.9 Å². The average molecular weight is 378 g/mol. The van der Waals surface area contributed by atoms with E-state index in [1.165, 1.54) is 25.7 Å². The first-order valence-corrected chi connectivity index (χ1v) is 11.1. The molecule has 2 N–H and O–H groups in total. The maximum Gasteiger partial charge on any atom is 0.237 e. The highest BCUT2D eigenvalue weighted by atomic mass is 16.3. The van der Waals surface area contributed by atoms with Crippen LogP contribution in [0.5, 0.6) is 0 Å². The maximum absolute atomic E-state index is 12.9. The summed E-state index contributed by atoms with van der Waals surface area (Å²) >= 11 is 0. The molecule has 0 radical (unpaired) electrons. The highest BCUT2D eigenvalue weighted by molar-refractivity contribution is 5.82. The predicted molar refractivity (Wildman–Crippen MR) is 103 cm³/mol. The summed E-state index contributed by atoms with van der Waals surface area (Å²) in [4.78, 5) is 29.6. The third kappa shape index (κ3) is 4.32. The molecule has 6 nitrogen and oxygen atoms in total. The van der Waals surface area contributed by atoms with E-state index in [0.29, 0.717) is 31.0 Å². The van der Waals surface area contributed by atoms with Crippen molar-refractivity contribution < 1.29 is 14.7 Å². The molecule has 6 heteroatoms. The lowest BCUT2D eigenvalue weighted by Crippen LogP contribution is -2.54. The van der Waals surface area contributed by atoms with Gasteiger partial charge in [0.2, 0.25) is 11.8 Å². The fourth-order valence-corrected chi connectivity index (χ4v) is 5.38. The van der Waals surface area contributed by atoms with E-state index in [1.54, 1.807) is 0 Å². The Bertz CT molecular complexity index is 537. The smallest absolute Gasteiger partial charge is 0.237 e. The number of nitrogens with one attached hydrogen (secondary N) is 1. The van der Waals surface area contributed by atoms with Crippen LogP contribution in [0.4, 0.5) is 0 Å². The van der Waals surface area contributed by atoms with Gasteiger partial charge in [-0.3, -0.25) is 14.5 Å². The molecule has 2 saturated heterocycles. The number of piperidine rings is 1. The van der Waals surface area contributed by atoms with Gasteiger partial charge in [0.25, 0.3) is 0 Å². The molecule has 0 aromatic rings. The van der Waals surface area contributed by atoms with Gasteiger partial charge in [-0.1, -0.05) is 25.7 Å². The lowest BCUT2D eigenvalue weighted by molar-refractivity contribution is -0.140. The van der Waals surface area contributed by atoms with Gasteiger partial charge >= 0.3 is 0 Å². The van der Waals surface area contributed by atoms with E-state index in [-0.39, 0.29) is 17.9 Å². The first-order chi connectivity index (χ1) is 13.1. The van der Waals surface area contributed by atoms with Crippen molar-refractivity contribution in [3.05, 3.63) is 0 Å². The quantitative estimate of drug-likeness (QED) is 0.782. The molecule has 4 fully saturated rings. The van der Waals surface area contributed by atoms with Gasteiger partial charge < -0.3 is 15.3 Å². The van der Waals surface area contributed by atoms with Crippen LogP contribution < -0.4 is 5.32 Å². The lowest BCUT2D eigenvalue weighted by atomic mass is 9.84. The number of β-amino-alcohol motifs (C(OH)–C–C–N with tert-alkyl or cyclic N) is 1. The third-order valence-electron chi connectivity index (χ3n) is 7.27. The fraction of sp³-hybridized carbons (Fsp3) is 0.905. The molecule has 0 spiro atoms. The molecular weight excluding hydrogens is 342 g/mol. The molecule has 0 unspecified atom stereocenters. The van der Waals surface area contributed by atoms with E-state index < -0.39 is 6.10 Å². The fourth-order valence-electron chi connectivity index (χ4n) is 5.38. The second-order valence-corrected chi connectivity index (χ2v) is 9.13. The van der Waals surface area contributed by atoms with Gasteiger partial charge in [-0.2, -0.15) is 0 Å². The number of carbonyl (C=O) groups is 2. The zero-order valence-corrected chi connectivity index (χ0v) is 16.4. The van der Waals surface area contributed by atoms with Crippen molar-refractivity contribution in [2.75, 3.05) is 19.6 Å². The molecule has 27 heavy (non-hydrogen) atoms. The summed E-state index contributed by atoms with van der Waals surface area (Å²) in [6.45, 7) is 2.18. The minimum Gasteiger partial charge on any atom is -0.392 e. The van der Waals surface area contributed by atoms with Crippen LogP contribution in [0.3, 0.4) is 0 Å². The predicted octanol–water partition coefficient (Wildman–Crippen LogP) is 1.66. The van der Waals surface area contributed by atoms with Crippen molar-refractivity contribution in [1.29, 1.82) is 0 Å². The molecule has 0 bridgehead atoms. The second-order valence-electron chi connectivity index (χ2n) is 9.13. The lowest BCUT2D eigenvalue weighted by Gasteiger charge is -2.41. The van der Waals surface area contributed by atoms with Crippen LogP contribution in [-0.2, 0) is 9.59 Å². The molecule has 2 aliphatic heterocycles. The van der Waals surface area contributed by atoms with Gasteiger partial charge in [-0.25, -0.2) is 0 Å². The van der Waals surface area contributed by atoms with Crippen LogP contribution in [0.1, 0.15) is 70.6 Å². The highest BCUT2D eigenvalue weighted by Crippen LogP contribution is 2.31. The molecule has 2 saturated carbocycles. The van der Waals surface area contributed by atoms with Crippen molar-refractivity contribution >= 4 is 11.8 Å². The largest absolute Gasteiger partial charge is 0.392 e. The van der Waals surface area contributed by atoms with Crippen LogP contribution >= 0.6 is 0 Å². The van der Waals surface area contributed by atoms with Gasteiger partial charge in [-0.15, -0.1) is 0 Å². The van der Waals surface area contributed by atoms with Crippen molar-refractivity contribution in [3.63, 3.8) is 0 Å². The summed E-state index contributed by atoms with van der Waals surface area (Å²) in [5.41, 5.74) is 0. The summed E-state index contributed by atoms with van der Waals surface area (Å²) in [6.07, 6.45) is 11.1. The van der Waals surface area contributed by atoms with Crippen LogP contribution in [0, 0.1) is 5.92 Å². The summed E-state index contributed by atoms with van der Waals surface area (Å²) in [6, 6.07) is 0.406. The van der Waals surface area contributed by atoms with E-state index in [2.05, 4.69) is 10.2 Å². The Morgan fingerprint density at radius 3 is 2.22 bits per heavy atom. The number of rotatable bonds is 4. The Kier molecular flexibility index (Phi) is 6.02. The number of aliphatic hydroxyl groups excluding tert-OH is 1. The van der Waals surface area contributed by atoms with Gasteiger partial charge in [0.15, 0.2) is 0 Å². The Morgan fingerprint density at radius 1 is 0.889 bits per heavy atom. The van der Waals surface area contributed by atoms with Crippen LogP contribution in [0.25, 0.3) is 0 Å². The zero-order chi connectivity index (χ0) is 18.8. The number of aliphatic hydroxyl groups is 1. The molecule has 2 heterocycles. The molecule has 2 amide bonds. The van der Waals surface area contributed by atoms with E-state index in [0.717, 1.165) is 51.6 Å². The molecular formula is C21H35N3O3. The van der Waals surface area contributed by atoms with Crippen molar-refractivity contribution in [3.8, 4) is 0 Å². The molecule has 2 atom stereocenters. The van der Waals surface area contributed by atoms with E-state index >= 15 is 0 Å². The molecule has 4 rings (SSSR count). The Balaban J connectivity index is 1.31. The number of nitrogens with zero attached hydrogens (tertiary/aromatic N) is 2. The molecule has 2 aliphatic carbocycles. The Morgan fingerprint density at radius 2 is 1.59 bits per heavy atom. The SMILES string of the molecule is O=C(NC1CCCCC1)[C@@H]1C[C@@H](O)CN1C1CCN(C(=O)C2CCC2)CC1. The van der Waals surface area contributed by atoms with E-state index in [9.17, 15) is 14.7 Å². The number of amides is 2. The summed E-state index contributed by atoms with van der Waals surface area (Å²) in [7, 11) is 0. The number of hydrogen-bond donors (Lipinski definition) is 2. The topological polar surface area (TPSA) is 72.9 Å². The second kappa shape index (κ2) is 8.48. The van der Waals surface area contributed by atoms with E-state index in [1.807, 2.05) is 4.90 Å². The Hall–Kier alpha value is -1.14. The normalized spacial score (nSPS) is 31.7. The van der Waals surface area contributed by atoms with Gasteiger partial charge in [0.05, 0.1) is 12.1 Å². The number of likely N-dealkylation sites (tertiary alicyclic amines) is 2. The van der Waals surface area contributed by atoms with Crippen molar-refractivity contribution in [1.82, 2.24) is 15.1 Å². The van der Waals surface area contributed by atoms with Crippen LogP contribution in [0.15, 0.2) is 0 Å². The van der Waals surface area contributed by atoms with Crippen molar-refractivity contribution in [2.24, 2.45) is 5.92 Å². The highest BCUT2D eigenvalue weighted by Gasteiger charge is 2.42. The minimum absolute atomic E-state index is 0.103. The molecule has 152 valence electrons. The Labute approximate surface area is 162 Å². The van der Waals surface area contributed by atoms with Crippen LogP contribution in [-0.4, -0.2) is 70.6 Å². The van der Waals surface area contributed by atoms with E-state index in [4.69, 9.17) is 0 Å². The molecule has 4 aliphatic rings. The average Bonchev–Trinajstić information content (AvgIpc) is 3.03. The number of carbonyl (C=O) groups excluding carboxylic acids is 2. The molecule has 0 aromatic heterocycles. The summed E-state index contributed by atoms with van der Waals surface area (Å²) < 4.78 is 0. The first-order valence-electron chi connectivity index (χ1n) is 11.1. The zero-order valence-electron chi connectivity index (χ0n) is 16.4. The monoisotopic (exact) mass is 377 g/mol. The van der Waals surface area contributed by atoms with Crippen molar-refractivity contribution in [2.45, 2.75) is 94.9 Å². The summed E-state index contributed by atoms with van der Waals surface area (Å²) in [5, 5.41) is 13.5. The number of hydrogen-bond acceptors (Lipinski definition) is 4. The minimum atomic E-state index is -0.415. The summed E-state index contributed by atoms with van der Waals surface area (Å²) in [5.74, 6) is 0.711. The van der Waals surface area contributed by atoms with Gasteiger partial charge in [0, 0.05) is 37.6 Å². The third-order valence-corrected chi connectivity index (χ3v) is 7.27. The molecule has 0 aromatic carbocycles. The van der Waals surface area contributed by atoms with Gasteiger partial charge in [0.1, 0.15) is 0 Å².